The second-order valence-corrected chi connectivity index (χ2v) is 8.20. The fourth-order valence-electron chi connectivity index (χ4n) is 2.51. The molecule has 0 atom stereocenters. The normalized spacial score (nSPS) is 11.4. The fourth-order valence-corrected chi connectivity index (χ4v) is 4.38. The van der Waals surface area contributed by atoms with E-state index < -0.39 is 42.0 Å². The number of carbonyl (C=O) groups is 2. The van der Waals surface area contributed by atoms with Gasteiger partial charge in [0.2, 0.25) is 0 Å². The van der Waals surface area contributed by atoms with Crippen molar-refractivity contribution in [1.29, 1.82) is 0 Å². The number of amides is 1. The number of hydrogen-bond donors (Lipinski definition) is 3. The monoisotopic (exact) mass is 491 g/mol. The molecule has 32 heavy (non-hydrogen) atoms. The van der Waals surface area contributed by atoms with Crippen molar-refractivity contribution < 1.29 is 42.1 Å². The lowest BCUT2D eigenvalue weighted by molar-refractivity contribution is -0.160. The number of thiazole rings is 2. The number of rotatable bonds is 6. The molecule has 170 valence electrons. The minimum absolute atomic E-state index is 0.0831. The number of benzene rings is 1. The first kappa shape index (κ1) is 23.4. The van der Waals surface area contributed by atoms with E-state index in [1.165, 1.54) is 0 Å². The summed E-state index contributed by atoms with van der Waals surface area (Å²) in [5, 5.41) is 23.1. The Morgan fingerprint density at radius 2 is 1.97 bits per heavy atom. The number of carboxylic acid groups (broad SMARTS) is 1. The molecule has 2 aromatic heterocycles. The van der Waals surface area contributed by atoms with Crippen LogP contribution in [-0.4, -0.2) is 45.0 Å². The average molecular weight is 491 g/mol. The lowest BCUT2D eigenvalue weighted by atomic mass is 10.1. The number of alkyl carbamates (subject to hydrolysis) is 1. The topological polar surface area (TPSA) is 122 Å². The van der Waals surface area contributed by atoms with Gasteiger partial charge in [0.15, 0.2) is 6.61 Å². The van der Waals surface area contributed by atoms with Crippen LogP contribution >= 0.6 is 22.7 Å². The summed E-state index contributed by atoms with van der Waals surface area (Å²) in [7, 11) is 0. The highest BCUT2D eigenvalue weighted by Crippen LogP contribution is 2.36. The molecule has 3 aromatic rings. The van der Waals surface area contributed by atoms with Gasteiger partial charge in [-0.15, -0.1) is 22.7 Å². The Morgan fingerprint density at radius 3 is 2.62 bits per heavy atom. The van der Waals surface area contributed by atoms with Crippen molar-refractivity contribution in [2.24, 2.45) is 0 Å². The molecule has 1 amide bonds. The fraction of sp³-hybridized carbons (Fsp3) is 0.222. The summed E-state index contributed by atoms with van der Waals surface area (Å²) >= 11 is 2.17. The van der Waals surface area contributed by atoms with Gasteiger partial charge in [-0.2, -0.15) is 13.2 Å². The van der Waals surface area contributed by atoms with Crippen LogP contribution in [0.4, 0.5) is 22.4 Å². The van der Waals surface area contributed by atoms with Crippen molar-refractivity contribution >= 4 is 34.7 Å². The maximum Gasteiger partial charge on any atom is 0.422 e. The first-order valence-corrected chi connectivity index (χ1v) is 10.3. The smallest absolute Gasteiger partial charge is 0.422 e. The molecule has 14 heteroatoms. The zero-order chi connectivity index (χ0) is 23.6. The van der Waals surface area contributed by atoms with Crippen LogP contribution in [0, 0.1) is 12.7 Å². The van der Waals surface area contributed by atoms with Crippen LogP contribution in [-0.2, 0) is 11.3 Å². The number of carboxylic acids is 1. The number of aryl methyl sites for hydroxylation is 1. The predicted octanol–water partition coefficient (Wildman–Crippen LogP) is 4.57. The van der Waals surface area contributed by atoms with E-state index in [2.05, 4.69) is 20.0 Å². The Hall–Kier alpha value is -3.26. The quantitative estimate of drug-likeness (QED) is 0.432. The van der Waals surface area contributed by atoms with Crippen LogP contribution in [0.3, 0.4) is 0 Å². The van der Waals surface area contributed by atoms with E-state index in [0.29, 0.717) is 27.3 Å². The lowest BCUT2D eigenvalue weighted by Crippen LogP contribution is -2.28. The third-order valence-corrected chi connectivity index (χ3v) is 5.93. The van der Waals surface area contributed by atoms with E-state index in [9.17, 15) is 32.3 Å². The number of carbonyl (C=O) groups excluding carboxylic acids is 1. The molecular formula is C18H13F4N3O5S2. The van der Waals surface area contributed by atoms with E-state index in [4.69, 9.17) is 5.11 Å². The number of phenols is 1. The third-order valence-electron chi connectivity index (χ3n) is 3.87. The van der Waals surface area contributed by atoms with Crippen LogP contribution in [0.15, 0.2) is 17.5 Å². The van der Waals surface area contributed by atoms with Crippen molar-refractivity contribution in [1.82, 2.24) is 15.3 Å². The number of aromatic carboxylic acids is 1. The van der Waals surface area contributed by atoms with Crippen molar-refractivity contribution in [3.05, 3.63) is 39.6 Å². The Labute approximate surface area is 185 Å². The number of hydrogen-bond acceptors (Lipinski definition) is 8. The number of alkyl halides is 3. The van der Waals surface area contributed by atoms with Gasteiger partial charge in [-0.3, -0.25) is 0 Å². The van der Waals surface area contributed by atoms with E-state index in [0.717, 1.165) is 28.7 Å². The number of nitrogens with one attached hydrogen (secondary N) is 1. The SMILES string of the molecule is Cc1nc(CNC(=O)OCC(F)(F)F)sc1-c1csc(-c2cc(O)c(C(=O)O)cc2F)n1. The molecule has 3 rings (SSSR count). The number of ether oxygens (including phenoxy) is 1. The van der Waals surface area contributed by atoms with Crippen molar-refractivity contribution in [2.45, 2.75) is 19.6 Å². The van der Waals surface area contributed by atoms with Gasteiger partial charge in [-0.05, 0) is 19.1 Å². The molecule has 0 aliphatic rings. The van der Waals surface area contributed by atoms with Crippen LogP contribution < -0.4 is 5.32 Å². The summed E-state index contributed by atoms with van der Waals surface area (Å²) in [5.41, 5.74) is 0.288. The van der Waals surface area contributed by atoms with Gasteiger partial charge in [0, 0.05) is 10.9 Å². The first-order valence-electron chi connectivity index (χ1n) is 8.60. The lowest BCUT2D eigenvalue weighted by Gasteiger charge is -2.07. The summed E-state index contributed by atoms with van der Waals surface area (Å²) < 4.78 is 54.6. The Kier molecular flexibility index (Phi) is 6.64. The second kappa shape index (κ2) is 9.08. The summed E-state index contributed by atoms with van der Waals surface area (Å²) in [4.78, 5) is 31.5. The molecule has 0 bridgehead atoms. The van der Waals surface area contributed by atoms with Crippen molar-refractivity contribution in [2.75, 3.05) is 6.61 Å². The average Bonchev–Trinajstić information content (AvgIpc) is 3.32. The number of aromatic nitrogens is 2. The Balaban J connectivity index is 1.75. The Morgan fingerprint density at radius 1 is 1.25 bits per heavy atom. The molecule has 0 fully saturated rings. The number of halogens is 4. The van der Waals surface area contributed by atoms with E-state index >= 15 is 0 Å². The van der Waals surface area contributed by atoms with Gasteiger partial charge in [-0.25, -0.2) is 23.9 Å². The molecule has 0 spiro atoms. The van der Waals surface area contributed by atoms with Crippen molar-refractivity contribution in [3.63, 3.8) is 0 Å². The molecule has 0 unspecified atom stereocenters. The number of aromatic hydroxyl groups is 1. The highest BCUT2D eigenvalue weighted by atomic mass is 32.1. The zero-order valence-corrected chi connectivity index (χ0v) is 17.6. The molecule has 0 radical (unpaired) electrons. The van der Waals surface area contributed by atoms with E-state index in [-0.39, 0.29) is 17.1 Å². The molecule has 1 aromatic carbocycles. The van der Waals surface area contributed by atoms with Crippen LogP contribution in [0.5, 0.6) is 5.75 Å². The largest absolute Gasteiger partial charge is 0.507 e. The third kappa shape index (κ3) is 5.50. The minimum atomic E-state index is -4.63. The van der Waals surface area contributed by atoms with Gasteiger partial charge in [0.1, 0.15) is 27.1 Å². The van der Waals surface area contributed by atoms with E-state index in [1.54, 1.807) is 12.3 Å². The summed E-state index contributed by atoms with van der Waals surface area (Å²) in [6.45, 7) is -0.217. The van der Waals surface area contributed by atoms with Gasteiger partial charge in [0.25, 0.3) is 0 Å². The van der Waals surface area contributed by atoms with Crippen LogP contribution in [0.25, 0.3) is 21.1 Å². The maximum absolute atomic E-state index is 14.3. The van der Waals surface area contributed by atoms with Crippen LogP contribution in [0.2, 0.25) is 0 Å². The zero-order valence-electron chi connectivity index (χ0n) is 16.0. The highest BCUT2D eigenvalue weighted by Gasteiger charge is 2.29. The van der Waals surface area contributed by atoms with Crippen molar-refractivity contribution in [3.8, 4) is 26.9 Å². The second-order valence-electron chi connectivity index (χ2n) is 6.26. The molecular weight excluding hydrogens is 478 g/mol. The molecule has 8 nitrogen and oxygen atoms in total. The van der Waals surface area contributed by atoms with Gasteiger partial charge >= 0.3 is 18.2 Å². The highest BCUT2D eigenvalue weighted by molar-refractivity contribution is 7.16. The standard InChI is InChI=1S/C18H13F4N3O5S2/c1-7-14(32-13(24-7)4-23-17(29)30-6-18(20,21)22)11-5-31-15(25-11)8-3-12(26)9(16(27)28)2-10(8)19/h2-3,5,26H,4,6H2,1H3,(H,23,29)(H,27,28). The minimum Gasteiger partial charge on any atom is -0.507 e. The summed E-state index contributed by atoms with van der Waals surface area (Å²) in [6, 6.07) is 1.68. The van der Waals surface area contributed by atoms with Gasteiger partial charge in [0.05, 0.1) is 22.8 Å². The molecule has 3 N–H and O–H groups in total. The molecule has 0 aliphatic carbocycles. The predicted molar refractivity (Wildman–Crippen MR) is 106 cm³/mol. The van der Waals surface area contributed by atoms with Gasteiger partial charge < -0.3 is 20.3 Å². The molecule has 2 heterocycles. The summed E-state index contributed by atoms with van der Waals surface area (Å²) in [5.74, 6) is -2.95. The van der Waals surface area contributed by atoms with E-state index in [1.807, 2.05) is 0 Å². The molecule has 0 aliphatic heterocycles. The van der Waals surface area contributed by atoms with Gasteiger partial charge in [-0.1, -0.05) is 0 Å². The Bertz CT molecular complexity index is 1180. The first-order chi connectivity index (χ1) is 14.9. The number of nitrogens with zero attached hydrogens (tertiary/aromatic N) is 2. The maximum atomic E-state index is 14.3. The summed E-state index contributed by atoms with van der Waals surface area (Å²) in [6.07, 6.45) is -5.87. The molecule has 0 saturated carbocycles. The molecule has 0 saturated heterocycles. The van der Waals surface area contributed by atoms with Crippen LogP contribution in [0.1, 0.15) is 21.1 Å².